The van der Waals surface area contributed by atoms with Gasteiger partial charge in [-0.1, -0.05) is 30.7 Å². The fraction of sp³-hybridized carbons (Fsp3) is 0.611. The van der Waals surface area contributed by atoms with Gasteiger partial charge in [0, 0.05) is 0 Å². The van der Waals surface area contributed by atoms with Crippen LogP contribution in [0, 0.1) is 17.3 Å². The van der Waals surface area contributed by atoms with E-state index in [0.29, 0.717) is 11.8 Å². The molecule has 2 fully saturated rings. The summed E-state index contributed by atoms with van der Waals surface area (Å²) in [4.78, 5) is 14.6. The molecule has 1 aromatic rings. The van der Waals surface area contributed by atoms with Crippen LogP contribution in [-0.4, -0.2) is 18.9 Å². The molecule has 4 rings (SSSR count). The van der Waals surface area contributed by atoms with Gasteiger partial charge < -0.3 is 0 Å². The first-order chi connectivity index (χ1) is 11.9. The summed E-state index contributed by atoms with van der Waals surface area (Å²) in [5.74, 6) is 0.971. The lowest BCUT2D eigenvalue weighted by Crippen LogP contribution is -2.54. The largest absolute Gasteiger partial charge is 0.350 e. The van der Waals surface area contributed by atoms with Gasteiger partial charge in [-0.05, 0) is 67.4 Å². The van der Waals surface area contributed by atoms with Gasteiger partial charge in [-0.15, -0.1) is 4.83 Å². The van der Waals surface area contributed by atoms with E-state index in [9.17, 15) is 13.2 Å². The van der Waals surface area contributed by atoms with Crippen LogP contribution >= 0.6 is 0 Å². The number of carbonyl (C=O) groups is 1. The average molecular weight is 364 g/mol. The fourth-order valence-electron chi connectivity index (χ4n) is 5.81. The molecule has 3 aliphatic rings. The first-order valence-corrected chi connectivity index (χ1v) is 10.5. The first-order valence-electron chi connectivity index (χ1n) is 9.03. The Kier molecular flexibility index (Phi) is 4.13. The predicted molar refractivity (Wildman–Crippen MR) is 92.8 cm³/mol. The number of rotatable bonds is 3. The van der Waals surface area contributed by atoms with Gasteiger partial charge >= 0.3 is 10.3 Å². The Bertz CT molecular complexity index is 794. The van der Waals surface area contributed by atoms with Crippen LogP contribution < -0.4 is 10.3 Å². The highest BCUT2D eigenvalue weighted by molar-refractivity contribution is 7.83. The molecule has 1 aromatic carbocycles. The van der Waals surface area contributed by atoms with Crippen molar-refractivity contribution in [1.82, 2.24) is 10.3 Å². The van der Waals surface area contributed by atoms with Gasteiger partial charge in [-0.2, -0.15) is 8.42 Å². The second-order valence-corrected chi connectivity index (χ2v) is 8.89. The van der Waals surface area contributed by atoms with Crippen molar-refractivity contribution in [1.29, 1.82) is 0 Å². The topological polar surface area (TPSA) is 95.5 Å². The smallest absolute Gasteiger partial charge is 0.276 e. The minimum absolute atomic E-state index is 0.280. The molecule has 0 saturated heterocycles. The van der Waals surface area contributed by atoms with E-state index in [4.69, 9.17) is 4.55 Å². The lowest BCUT2D eigenvalue weighted by Gasteiger charge is -2.49. The lowest BCUT2D eigenvalue weighted by atomic mass is 9.55. The summed E-state index contributed by atoms with van der Waals surface area (Å²) < 4.78 is 30.7. The van der Waals surface area contributed by atoms with E-state index in [2.05, 4.69) is 29.7 Å². The number of hydrazine groups is 1. The summed E-state index contributed by atoms with van der Waals surface area (Å²) in [5, 5.41) is 0. The van der Waals surface area contributed by atoms with Crippen LogP contribution in [0.25, 0.3) is 0 Å². The molecule has 136 valence electrons. The Morgan fingerprint density at radius 3 is 2.76 bits per heavy atom. The third kappa shape index (κ3) is 2.88. The van der Waals surface area contributed by atoms with Crippen LogP contribution in [0.5, 0.6) is 0 Å². The molecule has 0 aromatic heterocycles. The number of aryl methyl sites for hydroxylation is 1. The van der Waals surface area contributed by atoms with Crippen LogP contribution in [0.1, 0.15) is 55.6 Å². The van der Waals surface area contributed by atoms with Crippen molar-refractivity contribution in [2.45, 2.75) is 50.9 Å². The van der Waals surface area contributed by atoms with Crippen molar-refractivity contribution in [2.75, 3.05) is 0 Å². The maximum absolute atomic E-state index is 12.8. The van der Waals surface area contributed by atoms with Crippen molar-refractivity contribution in [3.63, 3.8) is 0 Å². The van der Waals surface area contributed by atoms with E-state index in [1.54, 1.807) is 4.83 Å². The van der Waals surface area contributed by atoms with E-state index < -0.39 is 15.7 Å². The molecule has 6 nitrogen and oxygen atoms in total. The quantitative estimate of drug-likeness (QED) is 0.567. The summed E-state index contributed by atoms with van der Waals surface area (Å²) in [6.07, 6.45) is 6.67. The number of benzene rings is 1. The minimum atomic E-state index is -4.44. The molecular weight excluding hydrogens is 340 g/mol. The summed E-state index contributed by atoms with van der Waals surface area (Å²) >= 11 is 0. The molecule has 7 heteroatoms. The van der Waals surface area contributed by atoms with Gasteiger partial charge in [0.1, 0.15) is 0 Å². The highest BCUT2D eigenvalue weighted by Crippen LogP contribution is 2.61. The van der Waals surface area contributed by atoms with E-state index in [0.717, 1.165) is 44.9 Å². The average Bonchev–Trinajstić information content (AvgIpc) is 3.04. The van der Waals surface area contributed by atoms with Crippen LogP contribution in [0.2, 0.25) is 0 Å². The number of nitrogens with one attached hydrogen (secondary N) is 2. The zero-order valence-corrected chi connectivity index (χ0v) is 14.9. The Morgan fingerprint density at radius 1 is 1.16 bits per heavy atom. The van der Waals surface area contributed by atoms with E-state index in [1.165, 1.54) is 11.1 Å². The van der Waals surface area contributed by atoms with E-state index >= 15 is 0 Å². The Hall–Kier alpha value is -1.44. The molecule has 0 spiro atoms. The third-order valence-corrected chi connectivity index (χ3v) is 7.09. The number of amides is 1. The number of hydrogen-bond donors (Lipinski definition) is 3. The lowest BCUT2D eigenvalue weighted by molar-refractivity contribution is -0.138. The van der Waals surface area contributed by atoms with Gasteiger partial charge in [0.15, 0.2) is 0 Å². The van der Waals surface area contributed by atoms with Gasteiger partial charge in [-0.25, -0.2) is 0 Å². The molecule has 2 saturated carbocycles. The molecule has 0 heterocycles. The maximum Gasteiger partial charge on any atom is 0.350 e. The zero-order valence-electron chi connectivity index (χ0n) is 14.1. The summed E-state index contributed by atoms with van der Waals surface area (Å²) in [6, 6.07) is 8.63. The minimum Gasteiger partial charge on any atom is -0.276 e. The maximum atomic E-state index is 12.8. The summed E-state index contributed by atoms with van der Waals surface area (Å²) in [7, 11) is -4.44. The monoisotopic (exact) mass is 364 g/mol. The van der Waals surface area contributed by atoms with Gasteiger partial charge in [-0.3, -0.25) is 14.8 Å². The van der Waals surface area contributed by atoms with Crippen molar-refractivity contribution in [3.8, 4) is 0 Å². The Labute approximate surface area is 148 Å². The van der Waals surface area contributed by atoms with Crippen LogP contribution in [0.15, 0.2) is 24.3 Å². The van der Waals surface area contributed by atoms with Gasteiger partial charge in [0.2, 0.25) is 5.91 Å². The molecular formula is C18H24N2O4S. The second-order valence-electron chi connectivity index (χ2n) is 7.73. The van der Waals surface area contributed by atoms with Crippen molar-refractivity contribution < 1.29 is 17.8 Å². The van der Waals surface area contributed by atoms with Crippen molar-refractivity contribution in [3.05, 3.63) is 35.4 Å². The second kappa shape index (κ2) is 6.07. The molecule has 3 N–H and O–H groups in total. The van der Waals surface area contributed by atoms with Crippen LogP contribution in [0.4, 0.5) is 0 Å². The summed E-state index contributed by atoms with van der Waals surface area (Å²) in [5.41, 5.74) is 4.61. The SMILES string of the molecule is O=C(NNS(=O)(=O)O)[C@@]12CCCC1C1CCc3ccccc3C1CC2. The Balaban J connectivity index is 1.60. The standard InChI is InChI=1S/C18H24N2O4S/c21-17(19-20-25(22,23)24)18-10-3-6-16(18)15-8-7-12-4-1-2-5-13(12)14(15)9-11-18/h1-2,4-5,14-16,20H,3,6-11H2,(H,19,21)(H,22,23,24)/t14?,15?,16?,18-/m1/s1. The predicted octanol–water partition coefficient (Wildman–Crippen LogP) is 2.34. The van der Waals surface area contributed by atoms with Crippen molar-refractivity contribution >= 4 is 16.2 Å². The highest BCUT2D eigenvalue weighted by Gasteiger charge is 2.56. The normalized spacial score (nSPS) is 33.9. The third-order valence-electron chi connectivity index (χ3n) is 6.73. The Morgan fingerprint density at radius 2 is 1.96 bits per heavy atom. The zero-order chi connectivity index (χ0) is 17.7. The van der Waals surface area contributed by atoms with Gasteiger partial charge in [0.05, 0.1) is 5.41 Å². The molecule has 0 aliphatic heterocycles. The van der Waals surface area contributed by atoms with Gasteiger partial charge in [0.25, 0.3) is 0 Å². The van der Waals surface area contributed by atoms with Crippen LogP contribution in [-0.2, 0) is 21.5 Å². The number of fused-ring (bicyclic) bond motifs is 5. The number of hydrogen-bond acceptors (Lipinski definition) is 3. The molecule has 0 bridgehead atoms. The van der Waals surface area contributed by atoms with E-state index in [1.807, 2.05) is 0 Å². The van der Waals surface area contributed by atoms with E-state index in [-0.39, 0.29) is 11.8 Å². The molecule has 3 aliphatic carbocycles. The molecule has 4 atom stereocenters. The van der Waals surface area contributed by atoms with Crippen molar-refractivity contribution in [2.24, 2.45) is 17.3 Å². The first kappa shape index (κ1) is 17.0. The molecule has 1 amide bonds. The molecule has 0 radical (unpaired) electrons. The molecule has 3 unspecified atom stereocenters. The highest BCUT2D eigenvalue weighted by atomic mass is 32.2. The number of carbonyl (C=O) groups excluding carboxylic acids is 1. The molecule has 25 heavy (non-hydrogen) atoms. The fourth-order valence-corrected chi connectivity index (χ4v) is 6.03. The summed E-state index contributed by atoms with van der Waals surface area (Å²) in [6.45, 7) is 0. The van der Waals surface area contributed by atoms with Crippen LogP contribution in [0.3, 0.4) is 0 Å².